The Bertz CT molecular complexity index is 797. The number of anilines is 1. The first-order chi connectivity index (χ1) is 9.63. The highest BCUT2D eigenvalue weighted by Gasteiger charge is 2.11. The maximum Gasteiger partial charge on any atom is 0.256 e. The number of amides is 1. The van der Waals surface area contributed by atoms with Crippen LogP contribution in [0.4, 0.5) is 10.1 Å². The van der Waals surface area contributed by atoms with Crippen molar-refractivity contribution < 1.29 is 9.18 Å². The second kappa shape index (κ2) is 5.09. The van der Waals surface area contributed by atoms with E-state index in [0.29, 0.717) is 10.2 Å². The van der Waals surface area contributed by atoms with E-state index in [9.17, 15) is 9.18 Å². The summed E-state index contributed by atoms with van der Waals surface area (Å²) in [6.45, 7) is 0. The fourth-order valence-corrected chi connectivity index (χ4v) is 2.43. The van der Waals surface area contributed by atoms with Gasteiger partial charge in [0.1, 0.15) is 5.82 Å². The summed E-state index contributed by atoms with van der Waals surface area (Å²) in [6.07, 6.45) is 1.83. The maximum absolute atomic E-state index is 13.2. The Kier molecular flexibility index (Phi) is 3.28. The number of fused-ring (bicyclic) bond motifs is 1. The van der Waals surface area contributed by atoms with Crippen molar-refractivity contribution in [2.45, 2.75) is 0 Å². The summed E-state index contributed by atoms with van der Waals surface area (Å²) in [5.41, 5.74) is 1.92. The second-order valence-corrected chi connectivity index (χ2v) is 5.21. The minimum atomic E-state index is -0.445. The van der Waals surface area contributed by atoms with Gasteiger partial charge in [-0.3, -0.25) is 4.79 Å². The molecule has 0 atom stereocenters. The molecule has 3 nitrogen and oxygen atoms in total. The van der Waals surface area contributed by atoms with E-state index in [2.05, 4.69) is 26.2 Å². The highest BCUT2D eigenvalue weighted by atomic mass is 79.9. The summed E-state index contributed by atoms with van der Waals surface area (Å²) >= 11 is 3.25. The van der Waals surface area contributed by atoms with Gasteiger partial charge in [0.2, 0.25) is 0 Å². The molecule has 0 aliphatic heterocycles. The molecule has 0 spiro atoms. The molecule has 2 aromatic carbocycles. The number of aromatic amines is 1. The molecule has 5 heteroatoms. The predicted molar refractivity (Wildman–Crippen MR) is 80.4 cm³/mol. The van der Waals surface area contributed by atoms with Crippen LogP contribution in [-0.2, 0) is 0 Å². The zero-order valence-corrected chi connectivity index (χ0v) is 11.9. The first-order valence-corrected chi connectivity index (χ1v) is 6.76. The van der Waals surface area contributed by atoms with Crippen molar-refractivity contribution >= 4 is 38.4 Å². The smallest absolute Gasteiger partial charge is 0.256 e. The lowest BCUT2D eigenvalue weighted by molar-refractivity contribution is 0.102. The Morgan fingerprint density at radius 2 is 2.00 bits per heavy atom. The SMILES string of the molecule is O=C(Nc1ccc2[nH]ccc2c1)c1cc(F)ccc1Br. The van der Waals surface area contributed by atoms with Gasteiger partial charge < -0.3 is 10.3 Å². The molecule has 0 radical (unpaired) electrons. The van der Waals surface area contributed by atoms with Gasteiger partial charge in [-0.15, -0.1) is 0 Å². The Balaban J connectivity index is 1.89. The highest BCUT2D eigenvalue weighted by Crippen LogP contribution is 2.21. The van der Waals surface area contributed by atoms with Crippen LogP contribution < -0.4 is 5.32 Å². The van der Waals surface area contributed by atoms with Gasteiger partial charge in [0.15, 0.2) is 0 Å². The fraction of sp³-hybridized carbons (Fsp3) is 0. The van der Waals surface area contributed by atoms with E-state index in [1.165, 1.54) is 18.2 Å². The molecule has 1 heterocycles. The molecular weight excluding hydrogens is 323 g/mol. The monoisotopic (exact) mass is 332 g/mol. The second-order valence-electron chi connectivity index (χ2n) is 4.36. The number of hydrogen-bond acceptors (Lipinski definition) is 1. The molecule has 0 aliphatic carbocycles. The van der Waals surface area contributed by atoms with Gasteiger partial charge in [-0.2, -0.15) is 0 Å². The van der Waals surface area contributed by atoms with E-state index in [1.54, 1.807) is 6.07 Å². The number of rotatable bonds is 2. The van der Waals surface area contributed by atoms with Crippen LogP contribution in [-0.4, -0.2) is 10.9 Å². The molecule has 0 aliphatic rings. The van der Waals surface area contributed by atoms with Crippen molar-refractivity contribution in [3.63, 3.8) is 0 Å². The van der Waals surface area contributed by atoms with Crippen LogP contribution in [0.3, 0.4) is 0 Å². The van der Waals surface area contributed by atoms with Crippen molar-refractivity contribution in [2.75, 3.05) is 5.32 Å². The number of H-pyrrole nitrogens is 1. The lowest BCUT2D eigenvalue weighted by Gasteiger charge is -2.07. The van der Waals surface area contributed by atoms with Crippen molar-refractivity contribution in [2.24, 2.45) is 0 Å². The average molecular weight is 333 g/mol. The van der Waals surface area contributed by atoms with Gasteiger partial charge in [-0.05, 0) is 58.4 Å². The summed E-state index contributed by atoms with van der Waals surface area (Å²) in [5.74, 6) is -0.800. The molecule has 0 saturated heterocycles. The molecule has 0 unspecified atom stereocenters. The topological polar surface area (TPSA) is 44.9 Å². The molecule has 1 amide bonds. The van der Waals surface area contributed by atoms with Crippen molar-refractivity contribution in [3.8, 4) is 0 Å². The zero-order chi connectivity index (χ0) is 14.1. The van der Waals surface area contributed by atoms with Crippen LogP contribution in [0.1, 0.15) is 10.4 Å². The molecule has 20 heavy (non-hydrogen) atoms. The largest absolute Gasteiger partial charge is 0.361 e. The van der Waals surface area contributed by atoms with Gasteiger partial charge in [-0.1, -0.05) is 0 Å². The van der Waals surface area contributed by atoms with Crippen molar-refractivity contribution in [1.82, 2.24) is 4.98 Å². The van der Waals surface area contributed by atoms with E-state index in [-0.39, 0.29) is 11.5 Å². The third-order valence-electron chi connectivity index (χ3n) is 2.98. The summed E-state index contributed by atoms with van der Waals surface area (Å²) in [4.78, 5) is 15.2. The molecule has 3 aromatic rings. The minimum absolute atomic E-state index is 0.263. The normalized spacial score (nSPS) is 10.7. The Hall–Kier alpha value is -2.14. The van der Waals surface area contributed by atoms with Crippen LogP contribution >= 0.6 is 15.9 Å². The first-order valence-electron chi connectivity index (χ1n) is 5.97. The van der Waals surface area contributed by atoms with E-state index < -0.39 is 5.82 Å². The van der Waals surface area contributed by atoms with Gasteiger partial charge in [0, 0.05) is 27.3 Å². The Morgan fingerprint density at radius 1 is 1.15 bits per heavy atom. The van der Waals surface area contributed by atoms with Gasteiger partial charge in [-0.25, -0.2) is 4.39 Å². The number of carbonyl (C=O) groups is 1. The molecule has 0 bridgehead atoms. The number of hydrogen-bond donors (Lipinski definition) is 2. The van der Waals surface area contributed by atoms with Crippen molar-refractivity contribution in [1.29, 1.82) is 0 Å². The standard InChI is InChI=1S/C15H10BrFN2O/c16-13-3-1-10(17)8-12(13)15(20)19-11-2-4-14-9(7-11)5-6-18-14/h1-8,18H,(H,19,20). The van der Waals surface area contributed by atoms with E-state index in [0.717, 1.165) is 10.9 Å². The van der Waals surface area contributed by atoms with E-state index >= 15 is 0 Å². The summed E-state index contributed by atoms with van der Waals surface area (Å²) in [7, 11) is 0. The minimum Gasteiger partial charge on any atom is -0.361 e. The predicted octanol–water partition coefficient (Wildman–Crippen LogP) is 4.32. The number of carbonyl (C=O) groups excluding carboxylic acids is 1. The van der Waals surface area contributed by atoms with Crippen LogP contribution in [0, 0.1) is 5.82 Å². The fourth-order valence-electron chi connectivity index (χ4n) is 2.00. The number of nitrogens with one attached hydrogen (secondary N) is 2. The summed E-state index contributed by atoms with van der Waals surface area (Å²) in [6, 6.07) is 11.5. The van der Waals surface area contributed by atoms with Crippen molar-refractivity contribution in [3.05, 3.63) is 64.5 Å². The summed E-state index contributed by atoms with van der Waals surface area (Å²) < 4.78 is 13.8. The Labute approximate surface area is 122 Å². The number of halogens is 2. The van der Waals surface area contributed by atoms with Gasteiger partial charge in [0.25, 0.3) is 5.91 Å². The third-order valence-corrected chi connectivity index (χ3v) is 3.68. The summed E-state index contributed by atoms with van der Waals surface area (Å²) in [5, 5.41) is 3.76. The van der Waals surface area contributed by atoms with Crippen LogP contribution in [0.15, 0.2) is 53.1 Å². The van der Waals surface area contributed by atoms with Gasteiger partial charge in [0.05, 0.1) is 5.56 Å². The zero-order valence-electron chi connectivity index (χ0n) is 10.3. The quantitative estimate of drug-likeness (QED) is 0.721. The number of aromatic nitrogens is 1. The lowest BCUT2D eigenvalue weighted by atomic mass is 10.2. The highest BCUT2D eigenvalue weighted by molar-refractivity contribution is 9.10. The van der Waals surface area contributed by atoms with Gasteiger partial charge >= 0.3 is 0 Å². The van der Waals surface area contributed by atoms with E-state index in [4.69, 9.17) is 0 Å². The molecule has 0 fully saturated rings. The maximum atomic E-state index is 13.2. The van der Waals surface area contributed by atoms with Crippen LogP contribution in [0.25, 0.3) is 10.9 Å². The molecule has 100 valence electrons. The Morgan fingerprint density at radius 3 is 2.85 bits per heavy atom. The van der Waals surface area contributed by atoms with Crippen LogP contribution in [0.2, 0.25) is 0 Å². The number of benzene rings is 2. The molecule has 3 rings (SSSR count). The average Bonchev–Trinajstić information content (AvgIpc) is 2.89. The van der Waals surface area contributed by atoms with E-state index in [1.807, 2.05) is 24.4 Å². The molecule has 1 aromatic heterocycles. The third kappa shape index (κ3) is 2.44. The lowest BCUT2D eigenvalue weighted by Crippen LogP contribution is -2.12. The molecular formula is C15H10BrFN2O. The first kappa shape index (κ1) is 12.9. The van der Waals surface area contributed by atoms with Crippen LogP contribution in [0.5, 0.6) is 0 Å². The molecule has 2 N–H and O–H groups in total. The molecule has 0 saturated carbocycles.